The smallest absolute Gasteiger partial charge is 0.423 e. The van der Waals surface area contributed by atoms with Crippen LogP contribution in [0.25, 0.3) is 43.1 Å². The van der Waals surface area contributed by atoms with Crippen LogP contribution >= 0.6 is 0 Å². The number of rotatable bonds is 12. The molecule has 7 aromatic carbocycles. The molecule has 2 heterocycles. The summed E-state index contributed by atoms with van der Waals surface area (Å²) in [6, 6.07) is 28.9. The molecular weight excluding hydrogens is 758 g/mol. The van der Waals surface area contributed by atoms with E-state index in [-0.39, 0.29) is 36.7 Å². The summed E-state index contributed by atoms with van der Waals surface area (Å²) in [5, 5.41) is 45.6. The first kappa shape index (κ1) is 39.5. The second kappa shape index (κ2) is 14.3. The summed E-state index contributed by atoms with van der Waals surface area (Å²) in [5.41, 5.74) is 4.08. The molecule has 4 N–H and O–H groups in total. The number of hydrogen-bond acceptors (Lipinski definition) is 8. The van der Waals surface area contributed by atoms with Gasteiger partial charge in [-0.2, -0.15) is 0 Å². The minimum absolute atomic E-state index is 0.157. The van der Waals surface area contributed by atoms with Crippen molar-refractivity contribution in [1.29, 1.82) is 0 Å². The highest BCUT2D eigenvalue weighted by atomic mass is 16.4. The highest BCUT2D eigenvalue weighted by Gasteiger charge is 2.38. The van der Waals surface area contributed by atoms with E-state index in [9.17, 15) is 39.3 Å². The summed E-state index contributed by atoms with van der Waals surface area (Å²) < 4.78 is 0.774. The molecule has 0 aromatic heterocycles. The third kappa shape index (κ3) is 6.35. The molecule has 2 aliphatic heterocycles. The van der Waals surface area contributed by atoms with Crippen LogP contribution in [-0.4, -0.2) is 131 Å². The summed E-state index contributed by atoms with van der Waals surface area (Å²) in [4.78, 5) is 59.5. The van der Waals surface area contributed by atoms with Crippen molar-refractivity contribution in [3.8, 4) is 0 Å². The summed E-state index contributed by atoms with van der Waals surface area (Å²) in [7, 11) is 4.67. The van der Waals surface area contributed by atoms with E-state index < -0.39 is 14.2 Å². The summed E-state index contributed by atoms with van der Waals surface area (Å²) in [6.45, 7) is 2.08. The fourth-order valence-corrected chi connectivity index (χ4v) is 9.46. The lowest BCUT2D eigenvalue weighted by Gasteiger charge is -2.35. The number of fused-ring (bicyclic) bond motifs is 2. The molecule has 300 valence electrons. The third-order valence-electron chi connectivity index (χ3n) is 12.5. The van der Waals surface area contributed by atoms with Crippen molar-refractivity contribution in [3.05, 3.63) is 130 Å². The summed E-state index contributed by atoms with van der Waals surface area (Å²) in [5.74, 6) is -1.53. The van der Waals surface area contributed by atoms with Crippen LogP contribution in [0.1, 0.15) is 52.6 Å². The molecule has 14 heteroatoms. The molecule has 0 saturated heterocycles. The van der Waals surface area contributed by atoms with Gasteiger partial charge in [-0.1, -0.05) is 72.8 Å². The van der Waals surface area contributed by atoms with Gasteiger partial charge in [0.2, 0.25) is 0 Å². The van der Waals surface area contributed by atoms with Crippen molar-refractivity contribution in [2.24, 2.45) is 0 Å². The Morgan fingerprint density at radius 3 is 1.03 bits per heavy atom. The van der Waals surface area contributed by atoms with Crippen LogP contribution in [0.5, 0.6) is 0 Å². The molecular formula is C46H44B2N4O8+2. The highest BCUT2D eigenvalue weighted by Crippen LogP contribution is 2.46. The van der Waals surface area contributed by atoms with Crippen molar-refractivity contribution in [2.45, 2.75) is 13.1 Å². The molecule has 0 atom stereocenters. The van der Waals surface area contributed by atoms with Gasteiger partial charge < -0.3 is 29.1 Å². The molecule has 0 saturated carbocycles. The van der Waals surface area contributed by atoms with Crippen LogP contribution in [0.3, 0.4) is 0 Å². The van der Waals surface area contributed by atoms with Crippen molar-refractivity contribution in [2.75, 3.05) is 54.4 Å². The molecule has 12 nitrogen and oxygen atoms in total. The van der Waals surface area contributed by atoms with Gasteiger partial charge in [0, 0.05) is 44.2 Å². The van der Waals surface area contributed by atoms with Gasteiger partial charge in [0.15, 0.2) is 0 Å². The topological polar surface area (TPSA) is 156 Å². The zero-order chi connectivity index (χ0) is 42.4. The normalized spacial score (nSPS) is 14.5. The van der Waals surface area contributed by atoms with Crippen molar-refractivity contribution in [3.63, 3.8) is 0 Å². The lowest BCUT2D eigenvalue weighted by Crippen LogP contribution is -2.50. The van der Waals surface area contributed by atoms with E-state index in [1.165, 1.54) is 9.80 Å². The van der Waals surface area contributed by atoms with Crippen molar-refractivity contribution in [1.82, 2.24) is 9.80 Å². The predicted octanol–water partition coefficient (Wildman–Crippen LogP) is 2.84. The zero-order valence-corrected chi connectivity index (χ0v) is 33.8. The second-order valence-electron chi connectivity index (χ2n) is 17.4. The van der Waals surface area contributed by atoms with Gasteiger partial charge in [0.05, 0.1) is 54.4 Å². The largest absolute Gasteiger partial charge is 0.488 e. The maximum absolute atomic E-state index is 14.2. The number of imide groups is 2. The van der Waals surface area contributed by atoms with Crippen LogP contribution in [0, 0.1) is 0 Å². The Bertz CT molecular complexity index is 2650. The molecule has 0 aliphatic carbocycles. The van der Waals surface area contributed by atoms with E-state index in [1.807, 2.05) is 76.7 Å². The Kier molecular flexibility index (Phi) is 9.43. The first-order chi connectivity index (χ1) is 28.6. The maximum atomic E-state index is 14.2. The summed E-state index contributed by atoms with van der Waals surface area (Å²) in [6.07, 6.45) is 0. The molecule has 0 bridgehead atoms. The van der Waals surface area contributed by atoms with Crippen molar-refractivity contribution < 1.29 is 48.2 Å². The number of carbonyl (C=O) groups excluding carboxylic acids is 4. The van der Waals surface area contributed by atoms with E-state index >= 15 is 0 Å². The standard InChI is InChI=1S/C46H44B2N4O8/c1-51(2,25-27-9-5-7-11-37(27)47(57)58)23-21-49-43(53)33-17-13-29-31-15-19-35-42-36(20-16-32(40(31)42)30-14-18-34(44(49)54)41(33)39(29)30)46(56)50(45(35)55)22-24-52(3,4)26-28-10-6-8-12-38(28)48(59)60/h5-20,57-60H,21-26H2,1-4H3/q+2. The Labute approximate surface area is 346 Å². The van der Waals surface area contributed by atoms with Crippen LogP contribution in [-0.2, 0) is 13.1 Å². The molecule has 2 aliphatic rings. The van der Waals surface area contributed by atoms with Gasteiger partial charge in [0.1, 0.15) is 13.1 Å². The monoisotopic (exact) mass is 802 g/mol. The number of likely N-dealkylation sites (N-methyl/N-ethyl adjacent to an activating group) is 2. The first-order valence-corrected chi connectivity index (χ1v) is 20.0. The Hall–Kier alpha value is -5.99. The van der Waals surface area contributed by atoms with Crippen LogP contribution in [0.15, 0.2) is 97.1 Å². The van der Waals surface area contributed by atoms with E-state index in [0.717, 1.165) is 43.4 Å². The molecule has 0 radical (unpaired) electrons. The number of nitrogens with zero attached hydrogens (tertiary/aromatic N) is 4. The molecule has 0 fully saturated rings. The lowest BCUT2D eigenvalue weighted by atomic mass is 9.77. The molecule has 0 unspecified atom stereocenters. The fraction of sp³-hybridized carbons (Fsp3) is 0.217. The van der Waals surface area contributed by atoms with Crippen LogP contribution < -0.4 is 10.9 Å². The van der Waals surface area contributed by atoms with E-state index in [2.05, 4.69) is 0 Å². The van der Waals surface area contributed by atoms with Gasteiger partial charge in [-0.25, -0.2) is 0 Å². The number of hydrogen-bond donors (Lipinski definition) is 4. The number of carbonyl (C=O) groups is 4. The van der Waals surface area contributed by atoms with E-state index in [0.29, 0.717) is 79.1 Å². The van der Waals surface area contributed by atoms with Gasteiger partial charge in [0.25, 0.3) is 23.6 Å². The zero-order valence-electron chi connectivity index (χ0n) is 33.8. The lowest BCUT2D eigenvalue weighted by molar-refractivity contribution is -0.902. The number of quaternary nitrogens is 2. The summed E-state index contributed by atoms with van der Waals surface area (Å²) >= 11 is 0. The van der Waals surface area contributed by atoms with Gasteiger partial charge in [-0.15, -0.1) is 0 Å². The molecule has 60 heavy (non-hydrogen) atoms. The Morgan fingerprint density at radius 2 is 0.733 bits per heavy atom. The number of benzene rings is 7. The second-order valence-corrected chi connectivity index (χ2v) is 17.4. The highest BCUT2D eigenvalue weighted by molar-refractivity contribution is 6.59. The maximum Gasteiger partial charge on any atom is 0.488 e. The Balaban J connectivity index is 1.03. The molecule has 9 rings (SSSR count). The average Bonchev–Trinajstić information content (AvgIpc) is 3.21. The Morgan fingerprint density at radius 1 is 0.433 bits per heavy atom. The SMILES string of the molecule is C[N+](C)(CCN1C(=O)c2ccc3c4ccc5c6c(ccc(c7ccc(c2c37)C1=O)c64)C(=O)N(CC[N+](C)(C)Cc1ccccc1B(O)O)C5=O)Cc1ccccc1B(O)O. The quantitative estimate of drug-likeness (QED) is 0.0484. The molecule has 4 amide bonds. The minimum Gasteiger partial charge on any atom is -0.423 e. The van der Waals surface area contributed by atoms with Gasteiger partial charge in [-0.3, -0.25) is 29.0 Å². The third-order valence-corrected chi connectivity index (χ3v) is 12.5. The molecule has 7 aromatic rings. The first-order valence-electron chi connectivity index (χ1n) is 20.0. The van der Waals surface area contributed by atoms with Gasteiger partial charge >= 0.3 is 14.2 Å². The average molecular weight is 803 g/mol. The van der Waals surface area contributed by atoms with Crippen LogP contribution in [0.4, 0.5) is 0 Å². The number of amides is 4. The van der Waals surface area contributed by atoms with Crippen LogP contribution in [0.2, 0.25) is 0 Å². The van der Waals surface area contributed by atoms with E-state index in [4.69, 9.17) is 0 Å². The fourth-order valence-electron chi connectivity index (χ4n) is 9.46. The van der Waals surface area contributed by atoms with Crippen molar-refractivity contribution >= 4 is 91.9 Å². The van der Waals surface area contributed by atoms with Gasteiger partial charge in [-0.05, 0) is 67.5 Å². The van der Waals surface area contributed by atoms with E-state index in [1.54, 1.807) is 48.5 Å². The molecule has 0 spiro atoms. The minimum atomic E-state index is -1.61. The predicted molar refractivity (Wildman–Crippen MR) is 232 cm³/mol.